The van der Waals surface area contributed by atoms with Gasteiger partial charge >= 0.3 is 0 Å². The number of nitrogens with zero attached hydrogens (tertiary/aromatic N) is 1. The molecule has 2 aromatic carbocycles. The van der Waals surface area contributed by atoms with Crippen molar-refractivity contribution in [2.45, 2.75) is 12.8 Å². The molecule has 5 rings (SSSR count). The van der Waals surface area contributed by atoms with Crippen molar-refractivity contribution in [2.24, 2.45) is 5.92 Å². The number of carbonyl (C=O) groups is 2. The van der Waals surface area contributed by atoms with Crippen LogP contribution in [0, 0.1) is 5.92 Å². The van der Waals surface area contributed by atoms with Gasteiger partial charge in [-0.2, -0.15) is 0 Å². The monoisotopic (exact) mass is 425 g/mol. The van der Waals surface area contributed by atoms with Crippen LogP contribution in [0.25, 0.3) is 10.9 Å². The lowest BCUT2D eigenvalue weighted by Gasteiger charge is -2.16. The summed E-state index contributed by atoms with van der Waals surface area (Å²) in [6, 6.07) is 11.0. The van der Waals surface area contributed by atoms with Crippen LogP contribution >= 0.6 is 11.6 Å². The van der Waals surface area contributed by atoms with Crippen LogP contribution in [0.15, 0.2) is 42.6 Å². The Labute approximate surface area is 177 Å². The fraction of sp³-hybridized carbons (Fsp3) is 0.273. The highest BCUT2D eigenvalue weighted by molar-refractivity contribution is 6.31. The van der Waals surface area contributed by atoms with E-state index in [1.165, 1.54) is 0 Å². The van der Waals surface area contributed by atoms with E-state index in [1.807, 2.05) is 24.4 Å². The maximum atomic E-state index is 12.7. The molecule has 7 nitrogen and oxygen atoms in total. The molecule has 0 radical (unpaired) electrons. The molecule has 2 aliphatic heterocycles. The Kier molecular flexibility index (Phi) is 4.75. The van der Waals surface area contributed by atoms with E-state index in [1.54, 1.807) is 23.1 Å². The summed E-state index contributed by atoms with van der Waals surface area (Å²) in [4.78, 5) is 30.1. The molecule has 1 saturated heterocycles. The summed E-state index contributed by atoms with van der Waals surface area (Å²) in [6.45, 7) is 1.16. The number of aromatic amines is 1. The number of carbonyl (C=O) groups excluding carboxylic acids is 2. The highest BCUT2D eigenvalue weighted by Crippen LogP contribution is 2.34. The van der Waals surface area contributed by atoms with Crippen LogP contribution < -0.4 is 14.8 Å². The number of likely N-dealkylation sites (tertiary alicyclic amines) is 1. The van der Waals surface area contributed by atoms with Crippen molar-refractivity contribution in [3.8, 4) is 11.5 Å². The first-order chi connectivity index (χ1) is 14.6. The molecule has 8 heteroatoms. The summed E-state index contributed by atoms with van der Waals surface area (Å²) in [5, 5.41) is 4.62. The number of aromatic nitrogens is 1. The van der Waals surface area contributed by atoms with Crippen molar-refractivity contribution in [1.82, 2.24) is 9.88 Å². The molecule has 0 spiro atoms. The van der Waals surface area contributed by atoms with Crippen molar-refractivity contribution in [2.75, 3.05) is 25.2 Å². The van der Waals surface area contributed by atoms with Gasteiger partial charge in [-0.05, 0) is 42.3 Å². The standard InChI is InChI=1S/C22H20ClN3O4/c23-15-1-3-18-17(8-15)13(10-24-18)5-6-26-11-14(7-21(26)27)22(28)25-16-2-4-19-20(9-16)30-12-29-19/h1-4,8-10,14,24H,5-7,11-12H2,(H,25,28). The zero-order valence-corrected chi connectivity index (χ0v) is 16.9. The SMILES string of the molecule is O=C(Nc1ccc2c(c1)OCO2)C1CC(=O)N(CCc2c[nH]c3ccc(Cl)cc23)C1. The third-order valence-corrected chi connectivity index (χ3v) is 5.84. The minimum Gasteiger partial charge on any atom is -0.454 e. The lowest BCUT2D eigenvalue weighted by Crippen LogP contribution is -2.30. The van der Waals surface area contributed by atoms with Crippen molar-refractivity contribution in [1.29, 1.82) is 0 Å². The van der Waals surface area contributed by atoms with Gasteiger partial charge in [-0.1, -0.05) is 11.6 Å². The highest BCUT2D eigenvalue weighted by Gasteiger charge is 2.34. The molecule has 2 N–H and O–H groups in total. The summed E-state index contributed by atoms with van der Waals surface area (Å²) in [7, 11) is 0. The number of halogens is 1. The highest BCUT2D eigenvalue weighted by atomic mass is 35.5. The maximum Gasteiger partial charge on any atom is 0.231 e. The molecule has 30 heavy (non-hydrogen) atoms. The summed E-state index contributed by atoms with van der Waals surface area (Å²) in [5.41, 5.74) is 2.75. The Morgan fingerprint density at radius 1 is 1.20 bits per heavy atom. The van der Waals surface area contributed by atoms with Crippen LogP contribution in [0.2, 0.25) is 5.02 Å². The van der Waals surface area contributed by atoms with Gasteiger partial charge in [0.1, 0.15) is 0 Å². The molecule has 1 fully saturated rings. The van der Waals surface area contributed by atoms with Gasteiger partial charge in [0, 0.05) is 53.4 Å². The molecule has 1 atom stereocenters. The topological polar surface area (TPSA) is 83.7 Å². The van der Waals surface area contributed by atoms with Crippen LogP contribution in [0.3, 0.4) is 0 Å². The first-order valence-electron chi connectivity index (χ1n) is 9.80. The second kappa shape index (κ2) is 7.57. The molecular weight excluding hydrogens is 406 g/mol. The number of fused-ring (bicyclic) bond motifs is 2. The largest absolute Gasteiger partial charge is 0.454 e. The van der Waals surface area contributed by atoms with E-state index in [4.69, 9.17) is 21.1 Å². The molecule has 2 aliphatic rings. The molecule has 0 aliphatic carbocycles. The molecule has 3 heterocycles. The minimum atomic E-state index is -0.375. The van der Waals surface area contributed by atoms with Crippen molar-refractivity contribution < 1.29 is 19.1 Å². The number of hydrogen-bond acceptors (Lipinski definition) is 4. The summed E-state index contributed by atoms with van der Waals surface area (Å²) in [5.74, 6) is 0.729. The van der Waals surface area contributed by atoms with E-state index < -0.39 is 0 Å². The normalized spacial score (nSPS) is 17.7. The van der Waals surface area contributed by atoms with Crippen molar-refractivity contribution in [3.63, 3.8) is 0 Å². The Morgan fingerprint density at radius 3 is 2.97 bits per heavy atom. The quantitative estimate of drug-likeness (QED) is 0.654. The van der Waals surface area contributed by atoms with Crippen LogP contribution in [0.4, 0.5) is 5.69 Å². The number of anilines is 1. The van der Waals surface area contributed by atoms with Gasteiger partial charge in [0.25, 0.3) is 0 Å². The van der Waals surface area contributed by atoms with Gasteiger partial charge < -0.3 is 24.7 Å². The van der Waals surface area contributed by atoms with Crippen LogP contribution in [0.1, 0.15) is 12.0 Å². The van der Waals surface area contributed by atoms with E-state index >= 15 is 0 Å². The predicted molar refractivity (Wildman–Crippen MR) is 113 cm³/mol. The third kappa shape index (κ3) is 3.57. The Morgan fingerprint density at radius 2 is 2.07 bits per heavy atom. The second-order valence-electron chi connectivity index (χ2n) is 7.55. The van der Waals surface area contributed by atoms with Gasteiger partial charge in [-0.25, -0.2) is 0 Å². The van der Waals surface area contributed by atoms with E-state index in [0.717, 1.165) is 16.5 Å². The van der Waals surface area contributed by atoms with Gasteiger partial charge in [0.05, 0.1) is 5.92 Å². The zero-order chi connectivity index (χ0) is 20.7. The molecule has 154 valence electrons. The zero-order valence-electron chi connectivity index (χ0n) is 16.1. The average Bonchev–Trinajstić information content (AvgIpc) is 3.44. The van der Waals surface area contributed by atoms with Gasteiger partial charge in [0.2, 0.25) is 18.6 Å². The van der Waals surface area contributed by atoms with Crippen LogP contribution in [-0.4, -0.2) is 41.6 Å². The number of hydrogen-bond donors (Lipinski definition) is 2. The van der Waals surface area contributed by atoms with E-state index in [-0.39, 0.29) is 30.9 Å². The Balaban J connectivity index is 1.21. The lowest BCUT2D eigenvalue weighted by molar-refractivity contribution is -0.128. The lowest BCUT2D eigenvalue weighted by atomic mass is 10.1. The minimum absolute atomic E-state index is 0.00119. The number of amides is 2. The molecule has 1 aromatic heterocycles. The first-order valence-corrected chi connectivity index (χ1v) is 10.2. The first kappa shape index (κ1) is 18.8. The third-order valence-electron chi connectivity index (χ3n) is 5.61. The molecule has 2 amide bonds. The number of ether oxygens (including phenoxy) is 2. The maximum absolute atomic E-state index is 12.7. The van der Waals surface area contributed by atoms with Gasteiger partial charge in [0.15, 0.2) is 11.5 Å². The number of H-pyrrole nitrogens is 1. The summed E-state index contributed by atoms with van der Waals surface area (Å²) < 4.78 is 10.6. The molecule has 0 bridgehead atoms. The fourth-order valence-electron chi connectivity index (χ4n) is 4.00. The number of benzene rings is 2. The smallest absolute Gasteiger partial charge is 0.231 e. The fourth-order valence-corrected chi connectivity index (χ4v) is 4.17. The molecular formula is C22H20ClN3O4. The van der Waals surface area contributed by atoms with Crippen molar-refractivity contribution in [3.05, 3.63) is 53.2 Å². The summed E-state index contributed by atoms with van der Waals surface area (Å²) in [6.07, 6.45) is 2.87. The number of rotatable bonds is 5. The van der Waals surface area contributed by atoms with Crippen molar-refractivity contribution >= 4 is 40.0 Å². The van der Waals surface area contributed by atoms with Gasteiger partial charge in [-0.3, -0.25) is 9.59 Å². The molecule has 1 unspecified atom stereocenters. The van der Waals surface area contributed by atoms with E-state index in [2.05, 4.69) is 10.3 Å². The predicted octanol–water partition coefficient (Wildman–Crippen LogP) is 3.58. The molecule has 0 saturated carbocycles. The summed E-state index contributed by atoms with van der Waals surface area (Å²) >= 11 is 6.11. The van der Waals surface area contributed by atoms with Crippen LogP contribution in [0.5, 0.6) is 11.5 Å². The van der Waals surface area contributed by atoms with E-state index in [0.29, 0.717) is 41.7 Å². The molecule has 3 aromatic rings. The Bertz CT molecular complexity index is 1140. The van der Waals surface area contributed by atoms with Gasteiger partial charge in [-0.15, -0.1) is 0 Å². The Hall–Kier alpha value is -3.19. The van der Waals surface area contributed by atoms with Crippen LogP contribution in [-0.2, 0) is 16.0 Å². The number of nitrogens with one attached hydrogen (secondary N) is 2. The second-order valence-corrected chi connectivity index (χ2v) is 7.99. The van der Waals surface area contributed by atoms with E-state index in [9.17, 15) is 9.59 Å². The average molecular weight is 426 g/mol.